The molecule has 0 aliphatic rings. The van der Waals surface area contributed by atoms with Crippen molar-refractivity contribution < 1.29 is 9.21 Å². The molecule has 0 saturated carbocycles. The van der Waals surface area contributed by atoms with Gasteiger partial charge in [-0.25, -0.2) is 0 Å². The van der Waals surface area contributed by atoms with Crippen LogP contribution < -0.4 is 5.32 Å². The van der Waals surface area contributed by atoms with E-state index in [4.69, 9.17) is 16.0 Å². The van der Waals surface area contributed by atoms with Gasteiger partial charge in [-0.2, -0.15) is 0 Å². The van der Waals surface area contributed by atoms with E-state index in [0.29, 0.717) is 11.5 Å². The molecule has 0 bridgehead atoms. The average molecular weight is 393 g/mol. The number of hydrogen-bond donors (Lipinski definition) is 1. The Balaban J connectivity index is 1.71. The quantitative estimate of drug-likeness (QED) is 0.667. The fraction of sp³-hybridized carbons (Fsp3) is 0.0625. The largest absolute Gasteiger partial charge is 0.403 e. The summed E-state index contributed by atoms with van der Waals surface area (Å²) in [5, 5.41) is 9.41. The number of alkyl halides is 1. The molecule has 1 N–H and O–H groups in total. The van der Waals surface area contributed by atoms with Gasteiger partial charge in [0.1, 0.15) is 5.38 Å². The highest BCUT2D eigenvalue weighted by Gasteiger charge is 2.20. The van der Waals surface area contributed by atoms with Crippen LogP contribution in [0.5, 0.6) is 0 Å². The number of amides is 1. The second-order valence-electron chi connectivity index (χ2n) is 4.68. The van der Waals surface area contributed by atoms with E-state index in [1.165, 1.54) is 0 Å². The zero-order valence-electron chi connectivity index (χ0n) is 11.7. The lowest BCUT2D eigenvalue weighted by atomic mass is 10.1. The van der Waals surface area contributed by atoms with Crippen LogP contribution in [-0.4, -0.2) is 16.1 Å². The maximum Gasteiger partial charge on any atom is 0.322 e. The number of carbonyl (C=O) groups is 1. The third kappa shape index (κ3) is 3.78. The van der Waals surface area contributed by atoms with Crippen molar-refractivity contribution in [2.45, 2.75) is 5.38 Å². The zero-order chi connectivity index (χ0) is 16.2. The number of nitrogens with one attached hydrogen (secondary N) is 1. The molecule has 0 radical (unpaired) electrons. The van der Waals surface area contributed by atoms with Gasteiger partial charge in [0, 0.05) is 10.0 Å². The predicted octanol–water partition coefficient (Wildman–Crippen LogP) is 4.42. The summed E-state index contributed by atoms with van der Waals surface area (Å²) in [5.41, 5.74) is 1.45. The maximum atomic E-state index is 12.1. The van der Waals surface area contributed by atoms with Crippen molar-refractivity contribution in [1.29, 1.82) is 0 Å². The Morgan fingerprint density at radius 2 is 1.78 bits per heavy atom. The number of carbonyl (C=O) groups excluding carboxylic acids is 1. The summed E-state index contributed by atoms with van der Waals surface area (Å²) in [5.74, 6) is -0.109. The highest BCUT2D eigenvalue weighted by atomic mass is 79.9. The number of rotatable bonds is 4. The summed E-state index contributed by atoms with van der Waals surface area (Å²) >= 11 is 9.50. The smallest absolute Gasteiger partial charge is 0.322 e. The van der Waals surface area contributed by atoms with Crippen molar-refractivity contribution in [3.05, 3.63) is 64.6 Å². The van der Waals surface area contributed by atoms with E-state index in [-0.39, 0.29) is 6.01 Å². The van der Waals surface area contributed by atoms with Gasteiger partial charge in [-0.1, -0.05) is 51.4 Å². The van der Waals surface area contributed by atoms with Gasteiger partial charge in [-0.15, -0.1) is 16.7 Å². The Morgan fingerprint density at radius 1 is 1.09 bits per heavy atom. The van der Waals surface area contributed by atoms with E-state index in [9.17, 15) is 4.79 Å². The maximum absolute atomic E-state index is 12.1. The second kappa shape index (κ2) is 6.93. The molecule has 7 heteroatoms. The van der Waals surface area contributed by atoms with Crippen LogP contribution in [0.3, 0.4) is 0 Å². The number of nitrogens with zero attached hydrogens (tertiary/aromatic N) is 2. The van der Waals surface area contributed by atoms with E-state index >= 15 is 0 Å². The molecule has 1 unspecified atom stereocenters. The van der Waals surface area contributed by atoms with Gasteiger partial charge in [0.05, 0.1) is 0 Å². The van der Waals surface area contributed by atoms with Gasteiger partial charge < -0.3 is 4.42 Å². The lowest BCUT2D eigenvalue weighted by Crippen LogP contribution is -2.17. The fourth-order valence-corrected chi connectivity index (χ4v) is 2.39. The number of anilines is 1. The minimum Gasteiger partial charge on any atom is -0.403 e. The minimum absolute atomic E-state index is 0.00880. The van der Waals surface area contributed by atoms with Crippen LogP contribution in [0.1, 0.15) is 10.9 Å². The Hall–Kier alpha value is -2.18. The van der Waals surface area contributed by atoms with Crippen LogP contribution in [0.4, 0.5) is 6.01 Å². The number of hydrogen-bond acceptors (Lipinski definition) is 4. The lowest BCUT2D eigenvalue weighted by molar-refractivity contribution is -0.116. The molecule has 0 spiro atoms. The molecule has 1 amide bonds. The molecule has 116 valence electrons. The van der Waals surface area contributed by atoms with E-state index in [1.807, 2.05) is 42.5 Å². The minimum atomic E-state index is -0.834. The molecule has 2 aromatic carbocycles. The molecule has 3 rings (SSSR count). The van der Waals surface area contributed by atoms with Crippen molar-refractivity contribution in [2.75, 3.05) is 5.32 Å². The fourth-order valence-electron chi connectivity index (χ4n) is 1.92. The summed E-state index contributed by atoms with van der Waals surface area (Å²) in [6, 6.07) is 16.4. The Kier molecular flexibility index (Phi) is 4.73. The zero-order valence-corrected chi connectivity index (χ0v) is 14.1. The Morgan fingerprint density at radius 3 is 2.48 bits per heavy atom. The molecule has 1 aromatic heterocycles. The van der Waals surface area contributed by atoms with Crippen molar-refractivity contribution in [2.24, 2.45) is 0 Å². The number of halogens is 2. The predicted molar refractivity (Wildman–Crippen MR) is 91.1 cm³/mol. The summed E-state index contributed by atoms with van der Waals surface area (Å²) < 4.78 is 6.38. The summed E-state index contributed by atoms with van der Waals surface area (Å²) in [4.78, 5) is 12.1. The van der Waals surface area contributed by atoms with Crippen LogP contribution in [0.2, 0.25) is 0 Å². The standard InChI is InChI=1S/C16H11BrClN3O2/c17-12-8-6-11(7-9-12)15-20-21-16(23-15)19-14(22)13(18)10-4-2-1-3-5-10/h1-9,13H,(H,19,21,22). The highest BCUT2D eigenvalue weighted by Crippen LogP contribution is 2.24. The summed E-state index contributed by atoms with van der Waals surface area (Å²) in [6.07, 6.45) is 0. The first kappa shape index (κ1) is 15.7. The van der Waals surface area contributed by atoms with Crippen molar-refractivity contribution in [1.82, 2.24) is 10.2 Å². The first-order valence-corrected chi connectivity index (χ1v) is 7.96. The normalized spacial score (nSPS) is 11.9. The Labute approximate surface area is 145 Å². The van der Waals surface area contributed by atoms with Gasteiger partial charge in [-0.05, 0) is 29.8 Å². The van der Waals surface area contributed by atoms with Gasteiger partial charge in [0.25, 0.3) is 5.91 Å². The van der Waals surface area contributed by atoms with Crippen LogP contribution in [-0.2, 0) is 4.79 Å². The molecule has 1 atom stereocenters. The molecule has 0 aliphatic heterocycles. The van der Waals surface area contributed by atoms with Crippen molar-refractivity contribution >= 4 is 39.5 Å². The van der Waals surface area contributed by atoms with E-state index in [0.717, 1.165) is 10.0 Å². The van der Waals surface area contributed by atoms with Crippen LogP contribution in [0.15, 0.2) is 63.5 Å². The van der Waals surface area contributed by atoms with Crippen LogP contribution in [0, 0.1) is 0 Å². The number of aromatic nitrogens is 2. The van der Waals surface area contributed by atoms with Gasteiger partial charge in [0.15, 0.2) is 0 Å². The van der Waals surface area contributed by atoms with Gasteiger partial charge >= 0.3 is 6.01 Å². The van der Waals surface area contributed by atoms with Crippen molar-refractivity contribution in [3.63, 3.8) is 0 Å². The van der Waals surface area contributed by atoms with Crippen LogP contribution >= 0.6 is 27.5 Å². The molecule has 0 saturated heterocycles. The van der Waals surface area contributed by atoms with Crippen molar-refractivity contribution in [3.8, 4) is 11.5 Å². The van der Waals surface area contributed by atoms with E-state index in [1.54, 1.807) is 12.1 Å². The molecule has 0 fully saturated rings. The highest BCUT2D eigenvalue weighted by molar-refractivity contribution is 9.10. The van der Waals surface area contributed by atoms with E-state index < -0.39 is 11.3 Å². The monoisotopic (exact) mass is 391 g/mol. The molecular formula is C16H11BrClN3O2. The molecule has 3 aromatic rings. The first-order valence-electron chi connectivity index (χ1n) is 6.73. The SMILES string of the molecule is O=C(Nc1nnc(-c2ccc(Br)cc2)o1)C(Cl)c1ccccc1. The first-order chi connectivity index (χ1) is 11.1. The van der Waals surface area contributed by atoms with Crippen LogP contribution in [0.25, 0.3) is 11.5 Å². The van der Waals surface area contributed by atoms with Gasteiger partial charge in [-0.3, -0.25) is 10.1 Å². The molecule has 0 aliphatic carbocycles. The molecule has 23 heavy (non-hydrogen) atoms. The number of benzene rings is 2. The molecule has 1 heterocycles. The third-order valence-electron chi connectivity index (χ3n) is 3.07. The third-order valence-corrected chi connectivity index (χ3v) is 4.05. The molecular weight excluding hydrogens is 382 g/mol. The summed E-state index contributed by atoms with van der Waals surface area (Å²) in [7, 11) is 0. The van der Waals surface area contributed by atoms with Gasteiger partial charge in [0.2, 0.25) is 5.89 Å². The average Bonchev–Trinajstić information content (AvgIpc) is 3.04. The molecule has 5 nitrogen and oxygen atoms in total. The lowest BCUT2D eigenvalue weighted by Gasteiger charge is -2.07. The van der Waals surface area contributed by atoms with E-state index in [2.05, 4.69) is 31.4 Å². The summed E-state index contributed by atoms with van der Waals surface area (Å²) in [6.45, 7) is 0. The Bertz CT molecular complexity index is 806. The second-order valence-corrected chi connectivity index (χ2v) is 6.03. The topological polar surface area (TPSA) is 68.0 Å².